The first-order valence-electron chi connectivity index (χ1n) is 11.8. The summed E-state index contributed by atoms with van der Waals surface area (Å²) < 4.78 is 53.3. The van der Waals surface area contributed by atoms with Gasteiger partial charge in [0.2, 0.25) is 0 Å². The van der Waals surface area contributed by atoms with Crippen LogP contribution in [0.3, 0.4) is 0 Å². The number of ether oxygens (including phenoxy) is 2. The van der Waals surface area contributed by atoms with Crippen LogP contribution in [-0.2, 0) is 22.9 Å². The van der Waals surface area contributed by atoms with Gasteiger partial charge in [-0.1, -0.05) is 6.92 Å². The monoisotopic (exact) mass is 495 g/mol. The largest absolute Gasteiger partial charge is 0.490 e. The molecule has 2 N–H and O–H groups in total. The number of aromatic amines is 1. The van der Waals surface area contributed by atoms with Crippen LogP contribution in [0.15, 0.2) is 23.2 Å². The molecule has 2 heterocycles. The van der Waals surface area contributed by atoms with E-state index in [1.165, 1.54) is 13.8 Å². The van der Waals surface area contributed by atoms with E-state index in [0.29, 0.717) is 18.6 Å². The van der Waals surface area contributed by atoms with Crippen LogP contribution in [0.25, 0.3) is 0 Å². The number of carbonyl (C=O) groups is 1. The van der Waals surface area contributed by atoms with Gasteiger partial charge >= 0.3 is 6.18 Å². The number of hydrogen-bond donors (Lipinski definition) is 2. The summed E-state index contributed by atoms with van der Waals surface area (Å²) in [4.78, 5) is 17.6. The molecule has 0 spiro atoms. The molecule has 10 heteroatoms. The van der Waals surface area contributed by atoms with Crippen LogP contribution >= 0.6 is 0 Å². The Morgan fingerprint density at radius 2 is 2.06 bits per heavy atom. The first kappa shape index (κ1) is 25.5. The first-order valence-corrected chi connectivity index (χ1v) is 11.8. The number of hydrogen-bond acceptors (Lipinski definition) is 4. The topological polar surface area (TPSA) is 88.8 Å². The van der Waals surface area contributed by atoms with Gasteiger partial charge in [-0.15, -0.1) is 0 Å². The molecule has 0 unspecified atom stereocenters. The van der Waals surface area contributed by atoms with Crippen molar-refractivity contribution >= 4 is 5.91 Å². The van der Waals surface area contributed by atoms with E-state index in [1.54, 1.807) is 4.68 Å². The van der Waals surface area contributed by atoms with E-state index in [9.17, 15) is 23.1 Å². The molecule has 1 atom stereocenters. The molecule has 192 valence electrons. The van der Waals surface area contributed by atoms with Crippen LogP contribution in [0.1, 0.15) is 73.6 Å². The van der Waals surface area contributed by atoms with Gasteiger partial charge < -0.3 is 19.7 Å². The fourth-order valence-electron chi connectivity index (χ4n) is 4.29. The molecule has 0 radical (unpaired) electrons. The van der Waals surface area contributed by atoms with E-state index < -0.39 is 23.2 Å². The number of aliphatic hydroxyl groups is 1. The van der Waals surface area contributed by atoms with Crippen LogP contribution in [0, 0.1) is 6.92 Å². The zero-order valence-electron chi connectivity index (χ0n) is 20.5. The van der Waals surface area contributed by atoms with Crippen LogP contribution < -0.4 is 10.2 Å². The summed E-state index contributed by atoms with van der Waals surface area (Å²) in [6.45, 7) is 7.93. The second-order valence-corrected chi connectivity index (χ2v) is 10.5. The van der Waals surface area contributed by atoms with Gasteiger partial charge in [-0.2, -0.15) is 18.2 Å². The highest BCUT2D eigenvalue weighted by atomic mass is 19.4. The van der Waals surface area contributed by atoms with Gasteiger partial charge in [-0.3, -0.25) is 9.48 Å². The van der Waals surface area contributed by atoms with Crippen molar-refractivity contribution in [1.82, 2.24) is 9.78 Å². The van der Waals surface area contributed by atoms with Crippen LogP contribution in [0.2, 0.25) is 0 Å². The molecule has 2 fully saturated rings. The van der Waals surface area contributed by atoms with Gasteiger partial charge in [0.25, 0.3) is 5.91 Å². The lowest BCUT2D eigenvalue weighted by molar-refractivity contribution is -0.137. The molecular weight excluding hydrogens is 463 g/mol. The number of alkyl halides is 3. The Kier molecular flexibility index (Phi) is 6.65. The van der Waals surface area contributed by atoms with Gasteiger partial charge in [0.15, 0.2) is 5.49 Å². The van der Waals surface area contributed by atoms with Crippen LogP contribution in [0.4, 0.5) is 13.2 Å². The summed E-state index contributed by atoms with van der Waals surface area (Å²) in [6, 6.07) is 2.70. The first-order chi connectivity index (χ1) is 16.3. The number of carbonyl (C=O) groups excluding carboxylic acids is 1. The Morgan fingerprint density at radius 3 is 2.63 bits per heavy atom. The van der Waals surface area contributed by atoms with Crippen LogP contribution in [-0.4, -0.2) is 45.7 Å². The SMILES string of the molecule is Cc1c(C2(C)CC2)[nH]n(C[C@H]2CCCO2)/c1=N/C(=O)c1cc(C(F)(F)F)ccc1OCC(C)(C)O. The Morgan fingerprint density at radius 1 is 1.34 bits per heavy atom. The number of benzene rings is 1. The van der Waals surface area contributed by atoms with Crippen molar-refractivity contribution in [2.24, 2.45) is 4.99 Å². The molecule has 2 aromatic rings. The number of amides is 1. The van der Waals surface area contributed by atoms with Crippen molar-refractivity contribution in [2.75, 3.05) is 13.2 Å². The van der Waals surface area contributed by atoms with Crippen molar-refractivity contribution in [3.63, 3.8) is 0 Å². The molecule has 1 aliphatic heterocycles. The Balaban J connectivity index is 1.77. The summed E-state index contributed by atoms with van der Waals surface area (Å²) in [5.74, 6) is -0.917. The number of halogens is 3. The van der Waals surface area contributed by atoms with Crippen molar-refractivity contribution in [3.05, 3.63) is 46.1 Å². The lowest BCUT2D eigenvalue weighted by atomic mass is 10.0. The van der Waals surface area contributed by atoms with Gasteiger partial charge in [0.05, 0.1) is 29.4 Å². The maximum atomic E-state index is 13.4. The third-order valence-electron chi connectivity index (χ3n) is 6.55. The molecule has 1 aromatic carbocycles. The fraction of sp³-hybridized carbons (Fsp3) is 0.600. The van der Waals surface area contributed by atoms with Crippen molar-refractivity contribution in [1.29, 1.82) is 0 Å². The highest BCUT2D eigenvalue weighted by Crippen LogP contribution is 2.47. The summed E-state index contributed by atoms with van der Waals surface area (Å²) in [6.07, 6.45) is -0.822. The average molecular weight is 496 g/mol. The third-order valence-corrected chi connectivity index (χ3v) is 6.55. The van der Waals surface area contributed by atoms with E-state index in [2.05, 4.69) is 17.0 Å². The number of aromatic nitrogens is 2. The standard InChI is InChI=1S/C25H32F3N3O4/c1-15-20(24(4)9-10-24)30-31(13-17-6-5-11-34-17)21(15)29-22(32)18-12-16(25(26,27)28)7-8-19(18)35-14-23(2,3)33/h7-8,12,17,30,33H,5-6,9-11,13-14H2,1-4H3/b29-21+/t17-/m1/s1. The molecule has 0 bridgehead atoms. The second kappa shape index (κ2) is 9.13. The smallest absolute Gasteiger partial charge is 0.416 e. The maximum Gasteiger partial charge on any atom is 0.416 e. The molecule has 1 amide bonds. The second-order valence-electron chi connectivity index (χ2n) is 10.5. The van der Waals surface area contributed by atoms with Gasteiger partial charge in [0, 0.05) is 23.3 Å². The number of nitrogens with zero attached hydrogens (tertiary/aromatic N) is 2. The van der Waals surface area contributed by atoms with Gasteiger partial charge in [0.1, 0.15) is 12.4 Å². The number of H-pyrrole nitrogens is 1. The Bertz CT molecular complexity index is 1160. The van der Waals surface area contributed by atoms with E-state index in [0.717, 1.165) is 55.1 Å². The summed E-state index contributed by atoms with van der Waals surface area (Å²) in [7, 11) is 0. The normalized spacial score (nSPS) is 20.3. The van der Waals surface area contributed by atoms with Crippen molar-refractivity contribution in [3.8, 4) is 5.75 Å². The fourth-order valence-corrected chi connectivity index (χ4v) is 4.29. The molecule has 1 saturated carbocycles. The number of nitrogens with one attached hydrogen (secondary N) is 1. The molecular formula is C25H32F3N3O4. The lowest BCUT2D eigenvalue weighted by Gasteiger charge is -2.19. The van der Waals surface area contributed by atoms with Gasteiger partial charge in [-0.25, -0.2) is 0 Å². The van der Waals surface area contributed by atoms with Crippen LogP contribution in [0.5, 0.6) is 5.75 Å². The summed E-state index contributed by atoms with van der Waals surface area (Å²) >= 11 is 0. The van der Waals surface area contributed by atoms with Crippen molar-refractivity contribution < 1.29 is 32.5 Å². The highest BCUT2D eigenvalue weighted by Gasteiger charge is 2.42. The zero-order chi connectivity index (χ0) is 25.6. The average Bonchev–Trinajstić information content (AvgIpc) is 3.16. The lowest BCUT2D eigenvalue weighted by Crippen LogP contribution is -2.29. The van der Waals surface area contributed by atoms with E-state index in [4.69, 9.17) is 9.47 Å². The summed E-state index contributed by atoms with van der Waals surface area (Å²) in [5, 5.41) is 13.4. The summed E-state index contributed by atoms with van der Waals surface area (Å²) in [5.41, 5.74) is -0.415. The quantitative estimate of drug-likeness (QED) is 0.601. The molecule has 1 saturated heterocycles. The predicted octanol–water partition coefficient (Wildman–Crippen LogP) is 4.26. The minimum absolute atomic E-state index is 0.0267. The Hall–Kier alpha value is -2.59. The molecule has 7 nitrogen and oxygen atoms in total. The molecule has 2 aliphatic rings. The Labute approximate surface area is 201 Å². The highest BCUT2D eigenvalue weighted by molar-refractivity contribution is 5.97. The van der Waals surface area contributed by atoms with Crippen molar-refractivity contribution in [2.45, 2.75) is 83.2 Å². The predicted molar refractivity (Wildman–Crippen MR) is 122 cm³/mol. The third kappa shape index (κ3) is 5.81. The minimum Gasteiger partial charge on any atom is -0.490 e. The number of rotatable bonds is 7. The molecule has 4 rings (SSSR count). The maximum absolute atomic E-state index is 13.4. The molecule has 1 aliphatic carbocycles. The van der Waals surface area contributed by atoms with Gasteiger partial charge in [-0.05, 0) is 64.7 Å². The van der Waals surface area contributed by atoms with E-state index in [1.807, 2.05) is 6.92 Å². The zero-order valence-corrected chi connectivity index (χ0v) is 20.5. The molecule has 1 aromatic heterocycles. The molecule has 35 heavy (non-hydrogen) atoms. The van der Waals surface area contributed by atoms with E-state index >= 15 is 0 Å². The van der Waals surface area contributed by atoms with E-state index in [-0.39, 0.29) is 29.4 Å². The minimum atomic E-state index is -4.64.